The number of sulfone groups is 1. The van der Waals surface area contributed by atoms with Crippen molar-refractivity contribution in [3.8, 4) is 0 Å². The fraction of sp³-hybridized carbons (Fsp3) is 0.750. The summed E-state index contributed by atoms with van der Waals surface area (Å²) in [6.07, 6.45) is -0.0878. The molecule has 2 aliphatic rings. The summed E-state index contributed by atoms with van der Waals surface area (Å²) in [6, 6.07) is -1.26. The Balaban J connectivity index is 2.57. The van der Waals surface area contributed by atoms with Crippen LogP contribution in [0.25, 0.3) is 0 Å². The van der Waals surface area contributed by atoms with E-state index in [0.29, 0.717) is 0 Å². The Morgan fingerprint density at radius 1 is 1.53 bits per heavy atom. The van der Waals surface area contributed by atoms with Crippen LogP contribution in [-0.4, -0.2) is 46.5 Å². The van der Waals surface area contributed by atoms with Crippen LogP contribution in [0, 0.1) is 0 Å². The first-order valence-corrected chi connectivity index (χ1v) is 6.03. The van der Waals surface area contributed by atoms with Crippen molar-refractivity contribution in [3.05, 3.63) is 0 Å². The smallest absolute Gasteiger partial charge is 0.328 e. The van der Waals surface area contributed by atoms with Crippen molar-refractivity contribution in [2.75, 3.05) is 0 Å². The summed E-state index contributed by atoms with van der Waals surface area (Å²) in [5, 5.41) is 8.03. The zero-order valence-electron chi connectivity index (χ0n) is 8.30. The van der Waals surface area contributed by atoms with Gasteiger partial charge in [0.2, 0.25) is 5.91 Å². The first kappa shape index (κ1) is 10.4. The van der Waals surface area contributed by atoms with E-state index in [9.17, 15) is 18.0 Å². The summed E-state index contributed by atoms with van der Waals surface area (Å²) >= 11 is 0. The van der Waals surface area contributed by atoms with Crippen LogP contribution in [0.5, 0.6) is 0 Å². The second-order valence-electron chi connectivity index (χ2n) is 4.35. The van der Waals surface area contributed by atoms with Crippen LogP contribution in [0.2, 0.25) is 0 Å². The van der Waals surface area contributed by atoms with Gasteiger partial charge in [-0.15, -0.1) is 0 Å². The quantitative estimate of drug-likeness (QED) is 0.599. The molecule has 0 bridgehead atoms. The van der Waals surface area contributed by atoms with Gasteiger partial charge in [0.05, 0.1) is 11.2 Å². The molecule has 15 heavy (non-hydrogen) atoms. The summed E-state index contributed by atoms with van der Waals surface area (Å²) in [7, 11) is -3.57. The average molecular weight is 233 g/mol. The fourth-order valence-corrected chi connectivity index (χ4v) is 4.36. The Bertz CT molecular complexity index is 452. The third-order valence-corrected chi connectivity index (χ3v) is 6.01. The number of rotatable bonds is 1. The lowest BCUT2D eigenvalue weighted by molar-refractivity contribution is -0.157. The number of hydrogen-bond acceptors (Lipinski definition) is 4. The number of hydrogen-bond donors (Lipinski definition) is 1. The van der Waals surface area contributed by atoms with Gasteiger partial charge in [0.15, 0.2) is 9.84 Å². The number of β-lactam (4-membered cyclic amide) rings is 1. The molecule has 6 nitrogen and oxygen atoms in total. The van der Waals surface area contributed by atoms with E-state index in [1.54, 1.807) is 0 Å². The lowest BCUT2D eigenvalue weighted by Gasteiger charge is -2.35. The van der Waals surface area contributed by atoms with E-state index >= 15 is 0 Å². The van der Waals surface area contributed by atoms with E-state index in [0.717, 1.165) is 4.90 Å². The SMILES string of the molecule is CC1(C)[C@H](C(=O)O)N2C(=O)CC2S1(=O)=O. The zero-order valence-corrected chi connectivity index (χ0v) is 9.11. The summed E-state index contributed by atoms with van der Waals surface area (Å²) < 4.78 is 22.4. The molecule has 0 aromatic carbocycles. The highest BCUT2D eigenvalue weighted by Crippen LogP contribution is 2.45. The predicted octanol–water partition coefficient (Wildman–Crippen LogP) is -0.795. The standard InChI is InChI=1S/C8H11NO5S/c1-8(2)6(7(11)12)9-4(10)3-5(9)15(8,13)14/h5-6H,3H2,1-2H3,(H,11,12)/t5?,6-/m0/s1. The van der Waals surface area contributed by atoms with Crippen LogP contribution >= 0.6 is 0 Å². The van der Waals surface area contributed by atoms with Gasteiger partial charge in [0.25, 0.3) is 0 Å². The van der Waals surface area contributed by atoms with Crippen molar-refractivity contribution < 1.29 is 23.1 Å². The Hall–Kier alpha value is -1.11. The molecule has 0 aromatic rings. The number of aliphatic carboxylic acids is 1. The molecule has 2 heterocycles. The number of carbonyl (C=O) groups excluding carboxylic acids is 1. The van der Waals surface area contributed by atoms with Crippen LogP contribution in [-0.2, 0) is 19.4 Å². The molecule has 0 spiro atoms. The van der Waals surface area contributed by atoms with Crippen molar-refractivity contribution in [3.63, 3.8) is 0 Å². The maximum atomic E-state index is 11.9. The number of carboxylic acids is 1. The minimum atomic E-state index is -3.57. The molecule has 1 N–H and O–H groups in total. The van der Waals surface area contributed by atoms with Crippen LogP contribution in [0.4, 0.5) is 0 Å². The number of carbonyl (C=O) groups is 2. The van der Waals surface area contributed by atoms with Crippen molar-refractivity contribution in [2.24, 2.45) is 0 Å². The Labute approximate surface area is 86.8 Å². The molecule has 1 amide bonds. The molecule has 84 valence electrons. The van der Waals surface area contributed by atoms with Crippen LogP contribution in [0.15, 0.2) is 0 Å². The summed E-state index contributed by atoms with van der Waals surface area (Å²) in [4.78, 5) is 23.2. The van der Waals surface area contributed by atoms with Gasteiger partial charge < -0.3 is 10.0 Å². The van der Waals surface area contributed by atoms with Crippen LogP contribution in [0.1, 0.15) is 20.3 Å². The number of nitrogens with zero attached hydrogens (tertiary/aromatic N) is 1. The second-order valence-corrected chi connectivity index (χ2v) is 7.04. The highest BCUT2D eigenvalue weighted by molar-refractivity contribution is 7.93. The Morgan fingerprint density at radius 3 is 2.40 bits per heavy atom. The molecule has 1 unspecified atom stereocenters. The molecular weight excluding hydrogens is 222 g/mol. The van der Waals surface area contributed by atoms with E-state index in [4.69, 9.17) is 5.11 Å². The molecule has 2 rings (SSSR count). The van der Waals surface area contributed by atoms with E-state index in [1.165, 1.54) is 13.8 Å². The largest absolute Gasteiger partial charge is 0.480 e. The number of amides is 1. The van der Waals surface area contributed by atoms with Crippen molar-refractivity contribution >= 4 is 21.7 Å². The minimum absolute atomic E-state index is 0.0878. The molecule has 0 saturated carbocycles. The average Bonchev–Trinajstić information content (AvgIpc) is 2.19. The lowest BCUT2D eigenvalue weighted by atomic mass is 9.98. The van der Waals surface area contributed by atoms with Gasteiger partial charge in [-0.2, -0.15) is 0 Å². The fourth-order valence-electron chi connectivity index (χ4n) is 2.23. The monoisotopic (exact) mass is 233 g/mol. The summed E-state index contributed by atoms with van der Waals surface area (Å²) in [5.74, 6) is -1.67. The van der Waals surface area contributed by atoms with Crippen molar-refractivity contribution in [1.82, 2.24) is 4.90 Å². The minimum Gasteiger partial charge on any atom is -0.480 e. The molecule has 2 fully saturated rings. The summed E-state index contributed by atoms with van der Waals surface area (Å²) in [6.45, 7) is 2.71. The van der Waals surface area contributed by atoms with Crippen molar-refractivity contribution in [2.45, 2.75) is 36.4 Å². The van der Waals surface area contributed by atoms with Crippen molar-refractivity contribution in [1.29, 1.82) is 0 Å². The predicted molar refractivity (Wildman–Crippen MR) is 49.7 cm³/mol. The first-order chi connectivity index (χ1) is 6.71. The maximum absolute atomic E-state index is 11.9. The van der Waals surface area contributed by atoms with Gasteiger partial charge in [-0.05, 0) is 13.8 Å². The maximum Gasteiger partial charge on any atom is 0.328 e. The topological polar surface area (TPSA) is 91.8 Å². The van der Waals surface area contributed by atoms with Gasteiger partial charge >= 0.3 is 5.97 Å². The van der Waals surface area contributed by atoms with E-state index < -0.39 is 37.9 Å². The van der Waals surface area contributed by atoms with Crippen LogP contribution < -0.4 is 0 Å². The van der Waals surface area contributed by atoms with E-state index in [2.05, 4.69) is 0 Å². The Kier molecular flexibility index (Phi) is 1.75. The number of carboxylic acid groups (broad SMARTS) is 1. The molecular formula is C8H11NO5S. The molecule has 2 aliphatic heterocycles. The van der Waals surface area contributed by atoms with Crippen LogP contribution in [0.3, 0.4) is 0 Å². The lowest BCUT2D eigenvalue weighted by Crippen LogP contribution is -2.57. The normalized spacial score (nSPS) is 35.9. The highest BCUT2D eigenvalue weighted by Gasteiger charge is 2.67. The second kappa shape index (κ2) is 2.52. The van der Waals surface area contributed by atoms with E-state index in [-0.39, 0.29) is 6.42 Å². The third-order valence-electron chi connectivity index (χ3n) is 3.21. The van der Waals surface area contributed by atoms with E-state index in [1.807, 2.05) is 0 Å². The zero-order chi connectivity index (χ0) is 11.6. The highest BCUT2D eigenvalue weighted by atomic mass is 32.2. The van der Waals surface area contributed by atoms with Gasteiger partial charge in [-0.25, -0.2) is 13.2 Å². The third kappa shape index (κ3) is 0.961. The molecule has 0 aliphatic carbocycles. The van der Waals surface area contributed by atoms with Gasteiger partial charge in [-0.3, -0.25) is 4.79 Å². The molecule has 2 saturated heterocycles. The van der Waals surface area contributed by atoms with Gasteiger partial charge in [0, 0.05) is 0 Å². The molecule has 7 heteroatoms. The molecule has 0 radical (unpaired) electrons. The van der Waals surface area contributed by atoms with Gasteiger partial charge in [0.1, 0.15) is 11.4 Å². The molecule has 0 aromatic heterocycles. The first-order valence-electron chi connectivity index (χ1n) is 4.48. The molecule has 2 atom stereocenters. The van der Waals surface area contributed by atoms with Gasteiger partial charge in [-0.1, -0.05) is 0 Å². The number of fused-ring (bicyclic) bond motifs is 1. The Morgan fingerprint density at radius 2 is 2.07 bits per heavy atom. The summed E-state index contributed by atoms with van der Waals surface area (Å²) in [5.41, 5.74) is 0.